The molecule has 1 N–H and O–H groups in total. The van der Waals surface area contributed by atoms with Gasteiger partial charge in [-0.25, -0.2) is 0 Å². The van der Waals surface area contributed by atoms with E-state index in [1.165, 1.54) is 0 Å². The maximum absolute atomic E-state index is 5.65. The second kappa shape index (κ2) is 15.5. The summed E-state index contributed by atoms with van der Waals surface area (Å²) >= 11 is 0. The molecule has 0 aliphatic carbocycles. The molecule has 5 nitrogen and oxygen atoms in total. The van der Waals surface area contributed by atoms with Gasteiger partial charge in [0.15, 0.2) is 0 Å². The molecule has 0 radical (unpaired) electrons. The summed E-state index contributed by atoms with van der Waals surface area (Å²) in [6, 6.07) is 8.31. The van der Waals surface area contributed by atoms with Crippen LogP contribution in [0.2, 0.25) is 0 Å². The van der Waals surface area contributed by atoms with Gasteiger partial charge in [0.25, 0.3) is 0 Å². The fourth-order valence-electron chi connectivity index (χ4n) is 2.04. The molecule has 0 aromatic heterocycles. The number of hydrogen-bond acceptors (Lipinski definition) is 5. The summed E-state index contributed by atoms with van der Waals surface area (Å²) in [5.74, 6) is 7.48. The minimum absolute atomic E-state index is 0.376. The van der Waals surface area contributed by atoms with Gasteiger partial charge in [-0.05, 0) is 24.3 Å². The van der Waals surface area contributed by atoms with Crippen molar-refractivity contribution in [2.75, 3.05) is 52.8 Å². The number of benzene rings is 1. The monoisotopic (exact) mass is 377 g/mol. The Bertz CT molecular complexity index is 531. The Morgan fingerprint density at radius 2 is 1.33 bits per heavy atom. The van der Waals surface area contributed by atoms with Gasteiger partial charge in [-0.3, -0.25) is 0 Å². The van der Waals surface area contributed by atoms with Crippen molar-refractivity contribution in [1.29, 1.82) is 0 Å². The summed E-state index contributed by atoms with van der Waals surface area (Å²) in [4.78, 5) is 0. The molecule has 0 amide bonds. The Hall–Kier alpha value is -1.58. The molecular weight excluding hydrogens is 342 g/mol. The summed E-state index contributed by atoms with van der Waals surface area (Å²) < 4.78 is 22.0. The molecule has 0 saturated carbocycles. The van der Waals surface area contributed by atoms with E-state index in [0.29, 0.717) is 58.2 Å². The van der Waals surface area contributed by atoms with Gasteiger partial charge in [0, 0.05) is 24.1 Å². The van der Waals surface area contributed by atoms with Crippen LogP contribution in [0.1, 0.15) is 33.3 Å². The van der Waals surface area contributed by atoms with Crippen LogP contribution in [0.4, 0.5) is 0 Å². The number of hydrogen-bond donors (Lipinski definition) is 1. The summed E-state index contributed by atoms with van der Waals surface area (Å²) in [5, 5.41) is 3.30. The molecule has 1 aromatic rings. The molecule has 27 heavy (non-hydrogen) atoms. The lowest BCUT2D eigenvalue weighted by Gasteiger charge is -2.09. The van der Waals surface area contributed by atoms with Crippen molar-refractivity contribution in [1.82, 2.24) is 5.32 Å². The first-order valence-electron chi connectivity index (χ1n) is 9.79. The summed E-state index contributed by atoms with van der Waals surface area (Å²) in [6.07, 6.45) is 0. The van der Waals surface area contributed by atoms with Crippen LogP contribution in [-0.4, -0.2) is 58.8 Å². The Kier molecular flexibility index (Phi) is 13.4. The Morgan fingerprint density at radius 1 is 0.778 bits per heavy atom. The van der Waals surface area contributed by atoms with Crippen molar-refractivity contribution < 1.29 is 18.9 Å². The van der Waals surface area contributed by atoms with E-state index in [2.05, 4.69) is 44.9 Å². The SMILES string of the molecule is CC(C)C#Cc1ccc(OCCOCCOCCOCCNC(C)C)cc1. The van der Waals surface area contributed by atoms with Crippen LogP contribution in [0, 0.1) is 17.8 Å². The third-order valence-corrected chi connectivity index (χ3v) is 3.40. The van der Waals surface area contributed by atoms with Crippen LogP contribution in [0.15, 0.2) is 24.3 Å². The Balaban J connectivity index is 1.92. The highest BCUT2D eigenvalue weighted by Crippen LogP contribution is 2.11. The van der Waals surface area contributed by atoms with E-state index in [-0.39, 0.29) is 0 Å². The van der Waals surface area contributed by atoms with Crippen LogP contribution in [0.3, 0.4) is 0 Å². The van der Waals surface area contributed by atoms with E-state index in [1.807, 2.05) is 24.3 Å². The predicted octanol–water partition coefficient (Wildman–Crippen LogP) is 3.12. The molecule has 1 rings (SSSR count). The van der Waals surface area contributed by atoms with Crippen molar-refractivity contribution in [3.05, 3.63) is 29.8 Å². The predicted molar refractivity (Wildman–Crippen MR) is 109 cm³/mol. The zero-order valence-corrected chi connectivity index (χ0v) is 17.3. The molecule has 0 saturated heterocycles. The maximum Gasteiger partial charge on any atom is 0.119 e. The normalized spacial score (nSPS) is 10.9. The third kappa shape index (κ3) is 14.2. The minimum atomic E-state index is 0.376. The molecule has 0 heterocycles. The maximum atomic E-state index is 5.65. The van der Waals surface area contributed by atoms with Crippen LogP contribution < -0.4 is 10.1 Å². The molecule has 0 fully saturated rings. The van der Waals surface area contributed by atoms with E-state index < -0.39 is 0 Å². The van der Waals surface area contributed by atoms with Gasteiger partial charge in [-0.15, -0.1) is 0 Å². The van der Waals surface area contributed by atoms with Gasteiger partial charge in [-0.1, -0.05) is 39.5 Å². The molecule has 5 heteroatoms. The average Bonchev–Trinajstić information content (AvgIpc) is 2.64. The molecule has 0 spiro atoms. The molecule has 0 unspecified atom stereocenters. The minimum Gasteiger partial charge on any atom is -0.491 e. The summed E-state index contributed by atoms with van der Waals surface area (Å²) in [5.41, 5.74) is 1.00. The summed E-state index contributed by atoms with van der Waals surface area (Å²) in [7, 11) is 0. The lowest BCUT2D eigenvalue weighted by molar-refractivity contribution is 0.00971. The second-order valence-corrected chi connectivity index (χ2v) is 6.74. The molecule has 152 valence electrons. The van der Waals surface area contributed by atoms with Crippen molar-refractivity contribution in [2.45, 2.75) is 33.7 Å². The van der Waals surface area contributed by atoms with Gasteiger partial charge < -0.3 is 24.3 Å². The highest BCUT2D eigenvalue weighted by atomic mass is 16.6. The first-order valence-corrected chi connectivity index (χ1v) is 9.79. The van der Waals surface area contributed by atoms with Crippen molar-refractivity contribution in [3.63, 3.8) is 0 Å². The lowest BCUT2D eigenvalue weighted by atomic mass is 10.2. The third-order valence-electron chi connectivity index (χ3n) is 3.40. The zero-order valence-electron chi connectivity index (χ0n) is 17.3. The van der Waals surface area contributed by atoms with Gasteiger partial charge in [-0.2, -0.15) is 0 Å². The molecular formula is C22H35NO4. The lowest BCUT2D eigenvalue weighted by Crippen LogP contribution is -2.27. The Labute approximate surface area is 164 Å². The number of rotatable bonds is 14. The van der Waals surface area contributed by atoms with Crippen molar-refractivity contribution in [3.8, 4) is 17.6 Å². The fourth-order valence-corrected chi connectivity index (χ4v) is 2.04. The first-order chi connectivity index (χ1) is 13.1. The Morgan fingerprint density at radius 3 is 1.89 bits per heavy atom. The standard InChI is InChI=1S/C22H35NO4/c1-19(2)5-6-21-7-9-22(10-8-21)27-18-17-26-16-15-25-14-13-24-12-11-23-20(3)4/h7-10,19-20,23H,11-18H2,1-4H3. The van der Waals surface area contributed by atoms with Crippen molar-refractivity contribution in [2.24, 2.45) is 5.92 Å². The van der Waals surface area contributed by atoms with Gasteiger partial charge in [0.2, 0.25) is 0 Å². The second-order valence-electron chi connectivity index (χ2n) is 6.74. The number of ether oxygens (including phenoxy) is 4. The molecule has 0 atom stereocenters. The molecule has 0 bridgehead atoms. The van der Waals surface area contributed by atoms with E-state index in [1.54, 1.807) is 0 Å². The highest BCUT2D eigenvalue weighted by molar-refractivity contribution is 5.38. The van der Waals surface area contributed by atoms with E-state index in [0.717, 1.165) is 17.9 Å². The van der Waals surface area contributed by atoms with Gasteiger partial charge in [0.1, 0.15) is 12.4 Å². The fraction of sp³-hybridized carbons (Fsp3) is 0.636. The van der Waals surface area contributed by atoms with E-state index >= 15 is 0 Å². The van der Waals surface area contributed by atoms with Gasteiger partial charge in [0.05, 0.1) is 39.6 Å². The molecule has 1 aromatic carbocycles. The first kappa shape index (κ1) is 23.5. The quantitative estimate of drug-likeness (QED) is 0.399. The summed E-state index contributed by atoms with van der Waals surface area (Å²) in [6.45, 7) is 13.4. The average molecular weight is 378 g/mol. The van der Waals surface area contributed by atoms with E-state index in [9.17, 15) is 0 Å². The van der Waals surface area contributed by atoms with Crippen LogP contribution in [0.25, 0.3) is 0 Å². The van der Waals surface area contributed by atoms with Crippen LogP contribution >= 0.6 is 0 Å². The molecule has 0 aliphatic rings. The smallest absolute Gasteiger partial charge is 0.119 e. The van der Waals surface area contributed by atoms with Crippen molar-refractivity contribution >= 4 is 0 Å². The van der Waals surface area contributed by atoms with Crippen LogP contribution in [-0.2, 0) is 14.2 Å². The molecule has 0 aliphatic heterocycles. The van der Waals surface area contributed by atoms with E-state index in [4.69, 9.17) is 18.9 Å². The topological polar surface area (TPSA) is 49.0 Å². The van der Waals surface area contributed by atoms with Gasteiger partial charge >= 0.3 is 0 Å². The highest BCUT2D eigenvalue weighted by Gasteiger charge is 1.96. The largest absolute Gasteiger partial charge is 0.491 e. The zero-order chi connectivity index (χ0) is 19.7. The number of nitrogens with one attached hydrogen (secondary N) is 1. The van der Waals surface area contributed by atoms with Crippen LogP contribution in [0.5, 0.6) is 5.75 Å².